The van der Waals surface area contributed by atoms with Crippen LogP contribution in [0.25, 0.3) is 0 Å². The van der Waals surface area contributed by atoms with Crippen molar-refractivity contribution >= 4 is 13.1 Å². The van der Waals surface area contributed by atoms with Gasteiger partial charge < -0.3 is 24.3 Å². The van der Waals surface area contributed by atoms with Crippen molar-refractivity contribution in [3.05, 3.63) is 23.5 Å². The third kappa shape index (κ3) is 2.97. The molecule has 0 saturated carbocycles. The lowest BCUT2D eigenvalue weighted by Gasteiger charge is -2.32. The van der Waals surface area contributed by atoms with Crippen molar-refractivity contribution in [2.45, 2.75) is 19.6 Å². The second kappa shape index (κ2) is 4.71. The average molecular weight is 270 g/mol. The fraction of sp³-hybridized carbons (Fsp3) is 0.364. The van der Waals surface area contributed by atoms with Gasteiger partial charge in [-0.1, -0.05) is 0 Å². The molecular formula is C11H12BFO6. The van der Waals surface area contributed by atoms with Gasteiger partial charge >= 0.3 is 13.1 Å². The van der Waals surface area contributed by atoms with E-state index in [-0.39, 0.29) is 17.1 Å². The number of hydrogen-bond acceptors (Lipinski definition) is 6. The third-order valence-electron chi connectivity index (χ3n) is 2.31. The van der Waals surface area contributed by atoms with Crippen molar-refractivity contribution in [2.75, 3.05) is 6.51 Å². The van der Waals surface area contributed by atoms with Gasteiger partial charge in [-0.25, -0.2) is 9.18 Å². The minimum absolute atomic E-state index is 0.0169. The van der Waals surface area contributed by atoms with Crippen molar-refractivity contribution in [3.63, 3.8) is 0 Å². The molecule has 8 heteroatoms. The number of benzene rings is 1. The quantitative estimate of drug-likeness (QED) is 0.614. The van der Waals surface area contributed by atoms with E-state index >= 15 is 0 Å². The van der Waals surface area contributed by atoms with Crippen LogP contribution in [0.2, 0.25) is 0 Å². The topological polar surface area (TPSA) is 85.2 Å². The van der Waals surface area contributed by atoms with Gasteiger partial charge in [0.25, 0.3) is 0 Å². The van der Waals surface area contributed by atoms with E-state index in [2.05, 4.69) is 0 Å². The summed E-state index contributed by atoms with van der Waals surface area (Å²) in [6.45, 7) is 2.55. The van der Waals surface area contributed by atoms with Crippen LogP contribution in [0.3, 0.4) is 0 Å². The molecule has 0 bridgehead atoms. The van der Waals surface area contributed by atoms with E-state index in [0.717, 1.165) is 12.1 Å². The fourth-order valence-electron chi connectivity index (χ4n) is 1.64. The molecule has 1 aromatic rings. The molecule has 2 N–H and O–H groups in total. The van der Waals surface area contributed by atoms with Gasteiger partial charge in [0.05, 0.1) is 0 Å². The third-order valence-corrected chi connectivity index (χ3v) is 2.31. The summed E-state index contributed by atoms with van der Waals surface area (Å²) in [5, 5.41) is 17.5. The number of rotatable bonds is 3. The van der Waals surface area contributed by atoms with E-state index in [9.17, 15) is 9.18 Å². The van der Waals surface area contributed by atoms with Crippen LogP contribution >= 0.6 is 0 Å². The fourth-order valence-corrected chi connectivity index (χ4v) is 1.64. The first kappa shape index (κ1) is 13.6. The highest BCUT2D eigenvalue weighted by molar-refractivity contribution is 6.40. The second-order valence-corrected chi connectivity index (χ2v) is 4.46. The molecule has 0 aromatic heterocycles. The van der Waals surface area contributed by atoms with Gasteiger partial charge in [-0.15, -0.1) is 0 Å². The zero-order chi connectivity index (χ0) is 14.2. The molecule has 1 aliphatic heterocycles. The monoisotopic (exact) mass is 270 g/mol. The molecule has 1 heterocycles. The smallest absolute Gasteiger partial charge is 0.491 e. The number of carbonyl (C=O) groups is 1. The van der Waals surface area contributed by atoms with Crippen molar-refractivity contribution in [3.8, 4) is 11.5 Å². The minimum atomic E-state index is -1.72. The van der Waals surface area contributed by atoms with Gasteiger partial charge in [-0.05, 0) is 6.07 Å². The lowest BCUT2D eigenvalue weighted by atomic mass is 9.95. The molecule has 2 rings (SSSR count). The highest BCUT2D eigenvalue weighted by Gasteiger charge is 2.36. The summed E-state index contributed by atoms with van der Waals surface area (Å²) < 4.78 is 28.8. The highest BCUT2D eigenvalue weighted by Crippen LogP contribution is 2.39. The zero-order valence-electron chi connectivity index (χ0n) is 10.3. The molecule has 0 radical (unpaired) electrons. The average Bonchev–Trinajstić information content (AvgIpc) is 2.26. The Hall–Kier alpha value is -1.80. The Morgan fingerprint density at radius 3 is 2.68 bits per heavy atom. The Morgan fingerprint density at radius 1 is 1.37 bits per heavy atom. The molecule has 0 amide bonds. The standard InChI is InChI=1S/C11H12BFO6/c1-11(2)18-9-7(10(14)19-11)3-6(13)4-8(9)17-5-12(15)16/h3-4,15-16H,5H2,1-2H3. The Balaban J connectivity index is 2.42. The van der Waals surface area contributed by atoms with Gasteiger partial charge in [0.1, 0.15) is 17.9 Å². The Kier molecular flexibility index (Phi) is 3.38. The molecule has 0 fully saturated rings. The predicted molar refractivity (Wildman–Crippen MR) is 62.2 cm³/mol. The van der Waals surface area contributed by atoms with Crippen LogP contribution in [0.5, 0.6) is 11.5 Å². The van der Waals surface area contributed by atoms with Crippen molar-refractivity contribution in [2.24, 2.45) is 0 Å². The molecule has 0 atom stereocenters. The first-order chi connectivity index (χ1) is 8.78. The SMILES string of the molecule is CC1(C)OC(=O)c2cc(F)cc(OCB(O)O)c2O1. The number of ether oxygens (including phenoxy) is 3. The summed E-state index contributed by atoms with van der Waals surface area (Å²) in [5.74, 6) is -2.74. The number of esters is 1. The van der Waals surface area contributed by atoms with E-state index in [1.807, 2.05) is 0 Å². The van der Waals surface area contributed by atoms with Crippen LogP contribution in [0, 0.1) is 5.82 Å². The van der Waals surface area contributed by atoms with Crippen LogP contribution < -0.4 is 9.47 Å². The van der Waals surface area contributed by atoms with Gasteiger partial charge in [-0.2, -0.15) is 0 Å². The van der Waals surface area contributed by atoms with E-state index < -0.39 is 31.2 Å². The molecule has 0 spiro atoms. The largest absolute Gasteiger partial charge is 0.492 e. The normalized spacial score (nSPS) is 16.2. The maximum Gasteiger partial charge on any atom is 0.491 e. The maximum atomic E-state index is 13.4. The molecule has 0 aliphatic carbocycles. The minimum Gasteiger partial charge on any atom is -0.492 e. The van der Waals surface area contributed by atoms with E-state index in [1.54, 1.807) is 0 Å². The first-order valence-electron chi connectivity index (χ1n) is 5.53. The number of carbonyl (C=O) groups excluding carboxylic acids is 1. The summed E-state index contributed by atoms with van der Waals surface area (Å²) in [6.07, 6.45) is 0. The Bertz CT molecular complexity index is 516. The maximum absolute atomic E-state index is 13.4. The van der Waals surface area contributed by atoms with Crippen LogP contribution in [0.15, 0.2) is 12.1 Å². The second-order valence-electron chi connectivity index (χ2n) is 4.46. The number of halogens is 1. The van der Waals surface area contributed by atoms with Gasteiger partial charge in [0, 0.05) is 19.9 Å². The molecule has 0 unspecified atom stereocenters. The highest BCUT2D eigenvalue weighted by atomic mass is 19.1. The summed E-state index contributed by atoms with van der Waals surface area (Å²) in [5.41, 5.74) is -0.109. The van der Waals surface area contributed by atoms with Gasteiger partial charge in [0.2, 0.25) is 5.79 Å². The van der Waals surface area contributed by atoms with Crippen LogP contribution in [-0.4, -0.2) is 35.4 Å². The van der Waals surface area contributed by atoms with Crippen LogP contribution in [-0.2, 0) is 4.74 Å². The molecule has 102 valence electrons. The molecule has 6 nitrogen and oxygen atoms in total. The summed E-state index contributed by atoms with van der Waals surface area (Å²) in [4.78, 5) is 11.7. The first-order valence-corrected chi connectivity index (χ1v) is 5.53. The summed E-state index contributed by atoms with van der Waals surface area (Å²) >= 11 is 0. The lowest BCUT2D eigenvalue weighted by molar-refractivity contribution is -0.128. The van der Waals surface area contributed by atoms with Crippen LogP contribution in [0.4, 0.5) is 4.39 Å². The zero-order valence-corrected chi connectivity index (χ0v) is 10.3. The molecule has 19 heavy (non-hydrogen) atoms. The molecular weight excluding hydrogens is 258 g/mol. The van der Waals surface area contributed by atoms with Crippen molar-refractivity contribution < 1.29 is 33.4 Å². The van der Waals surface area contributed by atoms with E-state index in [4.69, 9.17) is 24.3 Å². The van der Waals surface area contributed by atoms with E-state index in [1.165, 1.54) is 13.8 Å². The van der Waals surface area contributed by atoms with Crippen molar-refractivity contribution in [1.29, 1.82) is 0 Å². The van der Waals surface area contributed by atoms with E-state index in [0.29, 0.717) is 0 Å². The van der Waals surface area contributed by atoms with Crippen molar-refractivity contribution in [1.82, 2.24) is 0 Å². The number of hydrogen-bond donors (Lipinski definition) is 2. The summed E-state index contributed by atoms with van der Waals surface area (Å²) in [7, 11) is -1.72. The number of cyclic esters (lactones) is 1. The Labute approximate surface area is 108 Å². The predicted octanol–water partition coefficient (Wildman–Crippen LogP) is 0.502. The molecule has 0 saturated heterocycles. The molecule has 1 aliphatic rings. The van der Waals surface area contributed by atoms with Gasteiger partial charge in [-0.3, -0.25) is 0 Å². The lowest BCUT2D eigenvalue weighted by Crippen LogP contribution is -2.39. The van der Waals surface area contributed by atoms with Crippen LogP contribution in [0.1, 0.15) is 24.2 Å². The summed E-state index contributed by atoms with van der Waals surface area (Å²) in [6, 6.07) is 1.96. The number of fused-ring (bicyclic) bond motifs is 1. The Morgan fingerprint density at radius 2 is 2.05 bits per heavy atom. The van der Waals surface area contributed by atoms with Gasteiger partial charge in [0.15, 0.2) is 11.5 Å². The molecule has 1 aromatic carbocycles.